The maximum Gasteiger partial charge on any atom is 0.296 e. The number of hydrogen-bond donors (Lipinski definition) is 6. The van der Waals surface area contributed by atoms with Crippen molar-refractivity contribution >= 4 is 81.6 Å². The zero-order valence-corrected chi connectivity index (χ0v) is 41.9. The Morgan fingerprint density at radius 1 is 0.618 bits per heavy atom. The van der Waals surface area contributed by atoms with Crippen LogP contribution in [0.25, 0.3) is 33.4 Å². The van der Waals surface area contributed by atoms with Gasteiger partial charge in [0.15, 0.2) is 0 Å². The topological polar surface area (TPSA) is 259 Å². The largest absolute Gasteiger partial charge is 0.456 e. The van der Waals surface area contributed by atoms with E-state index in [2.05, 4.69) is 16.0 Å². The van der Waals surface area contributed by atoms with Crippen LogP contribution in [0.3, 0.4) is 0 Å². The fourth-order valence-electron chi connectivity index (χ4n) is 8.71. The first-order chi connectivity index (χ1) is 31.7. The first-order valence-electron chi connectivity index (χ1n) is 21.9. The minimum absolute atomic E-state index is 0.115. The monoisotopic (exact) mass is 988 g/mol. The van der Waals surface area contributed by atoms with Crippen LogP contribution in [0.4, 0.5) is 28.4 Å². The van der Waals surface area contributed by atoms with E-state index >= 15 is 0 Å². The molecule has 16 nitrogen and oxygen atoms in total. The second kappa shape index (κ2) is 19.6. The lowest BCUT2D eigenvalue weighted by atomic mass is 9.93. The Labute approximate surface area is 396 Å². The first kappa shape index (κ1) is 51.4. The summed E-state index contributed by atoms with van der Waals surface area (Å²) in [6.07, 6.45) is 2.88. The molecule has 1 heterocycles. The standard InChI is InChI=1S/C49H56N4O12S3/c1-11-15-25(3)48(54)52-46-29(7)19-27(5)44(31(46)9)50-36-23-38-34(21-41(36)67(59,60)61)43(33-17-13-14-18-40(33)66(56,57)58)35-22-42(68(62,63)64)37(24-39(35)65-38)51-45-28(6)20-30(8)47(32(45)10)53-49(55)26(4)16-12-2/h13-14,17-26,50H,11-12,15-16H2,1-10H3,(H,52,54)(H,53,55)(H,56,57,58)(H,59,60,61)(H,62,63,64)/b51-37+. The number of anilines is 4. The average molecular weight is 989 g/mol. The molecule has 2 atom stereocenters. The molecule has 0 saturated carbocycles. The third-order valence-corrected chi connectivity index (χ3v) is 14.8. The summed E-state index contributed by atoms with van der Waals surface area (Å²) in [5.74, 6) is -1.16. The number of fused-ring (bicyclic) bond motifs is 2. The Hall–Kier alpha value is -5.96. The third kappa shape index (κ3) is 10.5. The molecule has 362 valence electrons. The molecule has 1 aliphatic carbocycles. The van der Waals surface area contributed by atoms with Crippen molar-refractivity contribution in [3.63, 3.8) is 0 Å². The van der Waals surface area contributed by atoms with Crippen molar-refractivity contribution in [3.05, 3.63) is 99.4 Å². The van der Waals surface area contributed by atoms with E-state index in [1.165, 1.54) is 30.3 Å². The molecule has 0 saturated heterocycles. The summed E-state index contributed by atoms with van der Waals surface area (Å²) in [6.45, 7) is 18.2. The van der Waals surface area contributed by atoms with Crippen LogP contribution in [0.1, 0.15) is 86.8 Å². The number of aryl methyl sites for hydroxylation is 4. The molecule has 4 aromatic carbocycles. The fraction of sp³-hybridized carbons (Fsp3) is 0.327. The Morgan fingerprint density at radius 2 is 1.13 bits per heavy atom. The van der Waals surface area contributed by atoms with Gasteiger partial charge in [-0.3, -0.25) is 23.2 Å². The summed E-state index contributed by atoms with van der Waals surface area (Å²) >= 11 is 0. The SMILES string of the molecule is CCCC(C)C(=O)Nc1c(C)cc(C)c(/N=c2\cc3oc4cc(Nc5c(C)cc(C)c(NC(=O)C(C)CCC)c5C)c(S(=O)(=O)O)cc4c(-c4ccccc4S(=O)(=O)O)c-3cc2S(=O)(=O)O)c1C. The average Bonchev–Trinajstić information content (AvgIpc) is 3.24. The summed E-state index contributed by atoms with van der Waals surface area (Å²) in [7, 11) is -15.3. The van der Waals surface area contributed by atoms with Crippen molar-refractivity contribution in [1.29, 1.82) is 0 Å². The van der Waals surface area contributed by atoms with Gasteiger partial charge in [-0.1, -0.05) is 70.9 Å². The molecule has 0 aromatic heterocycles. The zero-order chi connectivity index (χ0) is 50.4. The van der Waals surface area contributed by atoms with Crippen LogP contribution in [0.15, 0.2) is 84.8 Å². The van der Waals surface area contributed by atoms with Gasteiger partial charge >= 0.3 is 0 Å². The van der Waals surface area contributed by atoms with Crippen LogP contribution in [-0.4, -0.2) is 50.7 Å². The number of rotatable bonds is 15. The van der Waals surface area contributed by atoms with E-state index < -0.39 is 45.0 Å². The molecular weight excluding hydrogens is 933 g/mol. The number of nitrogens with zero attached hydrogens (tertiary/aromatic N) is 1. The van der Waals surface area contributed by atoms with Gasteiger partial charge in [0.05, 0.1) is 16.7 Å². The Kier molecular flexibility index (Phi) is 14.8. The summed E-state index contributed by atoms with van der Waals surface area (Å²) in [6, 6.07) is 13.2. The molecule has 0 bridgehead atoms. The van der Waals surface area contributed by atoms with Crippen LogP contribution in [0, 0.1) is 53.4 Å². The Morgan fingerprint density at radius 3 is 1.68 bits per heavy atom. The van der Waals surface area contributed by atoms with E-state index in [-0.39, 0.29) is 73.8 Å². The van der Waals surface area contributed by atoms with Gasteiger partial charge in [0.1, 0.15) is 26.0 Å². The van der Waals surface area contributed by atoms with Gasteiger partial charge in [-0.15, -0.1) is 0 Å². The lowest BCUT2D eigenvalue weighted by Crippen LogP contribution is -2.21. The van der Waals surface area contributed by atoms with Crippen molar-refractivity contribution in [2.45, 2.75) is 110 Å². The number of benzene rings is 5. The predicted octanol–water partition coefficient (Wildman–Crippen LogP) is 10.5. The zero-order valence-electron chi connectivity index (χ0n) is 39.4. The number of amides is 2. The quantitative estimate of drug-likeness (QED) is 0.0414. The van der Waals surface area contributed by atoms with Crippen LogP contribution >= 0.6 is 0 Å². The molecule has 2 aliphatic rings. The number of carbonyl (C=O) groups excluding carboxylic acids is 2. The van der Waals surface area contributed by atoms with E-state index in [9.17, 15) is 48.5 Å². The molecule has 0 radical (unpaired) electrons. The highest BCUT2D eigenvalue weighted by molar-refractivity contribution is 7.86. The molecular formula is C49H56N4O12S3. The van der Waals surface area contributed by atoms with Gasteiger partial charge in [0, 0.05) is 63.1 Å². The summed E-state index contributed by atoms with van der Waals surface area (Å²) in [4.78, 5) is 29.0. The lowest BCUT2D eigenvalue weighted by molar-refractivity contribution is -0.120. The summed E-state index contributed by atoms with van der Waals surface area (Å²) in [5, 5.41) is 8.63. The molecule has 6 N–H and O–H groups in total. The number of carbonyl (C=O) groups is 2. The van der Waals surface area contributed by atoms with Gasteiger partial charge < -0.3 is 20.4 Å². The smallest absolute Gasteiger partial charge is 0.296 e. The highest BCUT2D eigenvalue weighted by Crippen LogP contribution is 2.46. The minimum atomic E-state index is -5.16. The maximum atomic E-state index is 13.4. The summed E-state index contributed by atoms with van der Waals surface area (Å²) < 4.78 is 118. The number of nitrogens with one attached hydrogen (secondary N) is 3. The van der Waals surface area contributed by atoms with E-state index in [1.54, 1.807) is 39.8 Å². The highest BCUT2D eigenvalue weighted by Gasteiger charge is 2.30. The normalized spacial score (nSPS) is 13.5. The summed E-state index contributed by atoms with van der Waals surface area (Å²) in [5.41, 5.74) is 4.47. The van der Waals surface area contributed by atoms with Crippen LogP contribution in [0.5, 0.6) is 0 Å². The fourth-order valence-corrected chi connectivity index (χ4v) is 10.7. The van der Waals surface area contributed by atoms with Crippen LogP contribution < -0.4 is 21.3 Å². The van der Waals surface area contributed by atoms with Crippen LogP contribution in [-0.2, 0) is 39.9 Å². The second-order valence-corrected chi connectivity index (χ2v) is 21.6. The lowest BCUT2D eigenvalue weighted by Gasteiger charge is -2.22. The van der Waals surface area contributed by atoms with Crippen LogP contribution in [0.2, 0.25) is 0 Å². The Bertz CT molecular complexity index is 3420. The molecule has 4 aromatic rings. The molecule has 6 rings (SSSR count). The van der Waals surface area contributed by atoms with Gasteiger partial charge in [-0.2, -0.15) is 25.3 Å². The van der Waals surface area contributed by atoms with Crippen molar-refractivity contribution in [3.8, 4) is 22.5 Å². The molecule has 2 amide bonds. The molecule has 68 heavy (non-hydrogen) atoms. The van der Waals surface area contributed by atoms with E-state index in [1.807, 2.05) is 41.5 Å². The van der Waals surface area contributed by atoms with E-state index in [0.29, 0.717) is 52.2 Å². The molecule has 0 spiro atoms. The van der Waals surface area contributed by atoms with E-state index in [0.717, 1.165) is 42.2 Å². The molecule has 1 aliphatic heterocycles. The van der Waals surface area contributed by atoms with E-state index in [4.69, 9.17) is 9.41 Å². The highest BCUT2D eigenvalue weighted by atomic mass is 32.2. The number of hydrogen-bond acceptors (Lipinski definition) is 11. The van der Waals surface area contributed by atoms with Crippen molar-refractivity contribution in [1.82, 2.24) is 0 Å². The van der Waals surface area contributed by atoms with Crippen molar-refractivity contribution in [2.24, 2.45) is 16.8 Å². The molecule has 2 unspecified atom stereocenters. The second-order valence-electron chi connectivity index (χ2n) is 17.4. The maximum absolute atomic E-state index is 13.4. The van der Waals surface area contributed by atoms with Gasteiger partial charge in [0.2, 0.25) is 11.8 Å². The van der Waals surface area contributed by atoms with Gasteiger partial charge in [0.25, 0.3) is 30.4 Å². The first-order valence-corrected chi connectivity index (χ1v) is 26.2. The van der Waals surface area contributed by atoms with Gasteiger partial charge in [-0.25, -0.2) is 4.99 Å². The molecule has 0 fully saturated rings. The van der Waals surface area contributed by atoms with Gasteiger partial charge in [-0.05, 0) is 106 Å². The van der Waals surface area contributed by atoms with Crippen molar-refractivity contribution < 1.29 is 52.9 Å². The predicted molar refractivity (Wildman–Crippen MR) is 263 cm³/mol. The Balaban J connectivity index is 1.72. The molecule has 19 heteroatoms. The third-order valence-electron chi connectivity index (χ3n) is 12.1. The minimum Gasteiger partial charge on any atom is -0.456 e. The van der Waals surface area contributed by atoms with Crippen molar-refractivity contribution in [2.75, 3.05) is 16.0 Å².